The molecule has 0 bridgehead atoms. The zero-order valence-corrected chi connectivity index (χ0v) is 20.2. The van der Waals surface area contributed by atoms with Gasteiger partial charge < -0.3 is 25.2 Å². The van der Waals surface area contributed by atoms with Crippen LogP contribution in [-0.2, 0) is 25.7 Å². The lowest BCUT2D eigenvalue weighted by molar-refractivity contribution is -0.193. The van der Waals surface area contributed by atoms with E-state index in [1.54, 1.807) is 0 Å². The first-order valence-electron chi connectivity index (χ1n) is 11.8. The van der Waals surface area contributed by atoms with Gasteiger partial charge in [-0.05, 0) is 56.2 Å². The summed E-state index contributed by atoms with van der Waals surface area (Å²) in [4.78, 5) is 36.5. The molecule has 3 fully saturated rings. The number of rotatable bonds is 4. The summed E-state index contributed by atoms with van der Waals surface area (Å²) in [5.74, 6) is -5.19. The Hall–Kier alpha value is -2.94. The maximum absolute atomic E-state index is 12.5. The zero-order chi connectivity index (χ0) is 28.6. The number of pyridine rings is 1. The molecule has 1 spiro atoms. The van der Waals surface area contributed by atoms with E-state index in [-0.39, 0.29) is 5.54 Å². The predicted molar refractivity (Wildman–Crippen MR) is 119 cm³/mol. The number of hydrogen-bond acceptors (Lipinski definition) is 6. The van der Waals surface area contributed by atoms with Crippen LogP contribution in [0.15, 0.2) is 24.5 Å². The Labute approximate surface area is 214 Å². The molecule has 1 saturated carbocycles. The van der Waals surface area contributed by atoms with Gasteiger partial charge in [-0.15, -0.1) is 0 Å². The predicted octanol–water partition coefficient (Wildman–Crippen LogP) is 3.53. The Morgan fingerprint density at radius 1 is 0.974 bits per heavy atom. The number of halogens is 6. The molecule has 38 heavy (non-hydrogen) atoms. The number of likely N-dealkylation sites (tertiary alicyclic amines) is 1. The van der Waals surface area contributed by atoms with Crippen molar-refractivity contribution in [3.63, 3.8) is 0 Å². The van der Waals surface area contributed by atoms with Crippen molar-refractivity contribution in [3.8, 4) is 0 Å². The van der Waals surface area contributed by atoms with Gasteiger partial charge >= 0.3 is 24.3 Å². The minimum absolute atomic E-state index is 0.0880. The number of ether oxygens (including phenoxy) is 1. The Morgan fingerprint density at radius 3 is 1.95 bits per heavy atom. The van der Waals surface area contributed by atoms with Gasteiger partial charge in [0.2, 0.25) is 5.91 Å². The van der Waals surface area contributed by atoms with E-state index in [1.165, 1.54) is 5.56 Å². The second-order valence-corrected chi connectivity index (χ2v) is 9.17. The maximum atomic E-state index is 12.5. The first-order chi connectivity index (χ1) is 17.6. The SMILES string of the molecule is O=C(O)C(F)(F)F.O=C(O)C(F)(F)F.O=C1CCC2(CCC(NC3CCOC3)CC2)N1Cc1ccncc1. The van der Waals surface area contributed by atoms with Crippen molar-refractivity contribution >= 4 is 17.8 Å². The van der Waals surface area contributed by atoms with Crippen LogP contribution in [-0.4, -0.2) is 81.1 Å². The lowest BCUT2D eigenvalue weighted by atomic mass is 9.77. The fourth-order valence-electron chi connectivity index (χ4n) is 4.64. The lowest BCUT2D eigenvalue weighted by Crippen LogP contribution is -2.51. The third-order valence-corrected chi connectivity index (χ3v) is 6.57. The third-order valence-electron chi connectivity index (χ3n) is 6.57. The van der Waals surface area contributed by atoms with Crippen molar-refractivity contribution in [2.45, 2.75) is 81.5 Å². The van der Waals surface area contributed by atoms with Crippen molar-refractivity contribution in [2.24, 2.45) is 0 Å². The number of carboxylic acid groups (broad SMARTS) is 2. The number of carbonyl (C=O) groups excluding carboxylic acids is 1. The summed E-state index contributed by atoms with van der Waals surface area (Å²) in [7, 11) is 0. The highest BCUT2D eigenvalue weighted by molar-refractivity contribution is 5.79. The molecule has 2 saturated heterocycles. The van der Waals surface area contributed by atoms with Crippen LogP contribution in [0.25, 0.3) is 0 Å². The van der Waals surface area contributed by atoms with E-state index in [0.717, 1.165) is 58.3 Å². The van der Waals surface area contributed by atoms with Gasteiger partial charge in [0.15, 0.2) is 0 Å². The Morgan fingerprint density at radius 2 is 1.50 bits per heavy atom. The normalized spacial score (nSPS) is 25.3. The van der Waals surface area contributed by atoms with Crippen molar-refractivity contribution in [3.05, 3.63) is 30.1 Å². The highest BCUT2D eigenvalue weighted by Crippen LogP contribution is 2.43. The number of amides is 1. The van der Waals surface area contributed by atoms with Crippen LogP contribution in [0.2, 0.25) is 0 Å². The first kappa shape index (κ1) is 31.3. The molecule has 3 heterocycles. The first-order valence-corrected chi connectivity index (χ1v) is 11.8. The number of carboxylic acids is 2. The Balaban J connectivity index is 0.000000301. The van der Waals surface area contributed by atoms with Gasteiger partial charge in [0.1, 0.15) is 0 Å². The maximum Gasteiger partial charge on any atom is 0.490 e. The molecule has 0 aromatic carbocycles. The van der Waals surface area contributed by atoms with Crippen LogP contribution < -0.4 is 5.32 Å². The van der Waals surface area contributed by atoms with Crippen molar-refractivity contribution in [1.29, 1.82) is 0 Å². The highest BCUT2D eigenvalue weighted by Gasteiger charge is 2.47. The Bertz CT molecular complexity index is 906. The minimum atomic E-state index is -5.08. The zero-order valence-electron chi connectivity index (χ0n) is 20.2. The number of hydrogen-bond donors (Lipinski definition) is 3. The molecule has 3 N–H and O–H groups in total. The largest absolute Gasteiger partial charge is 0.490 e. The van der Waals surface area contributed by atoms with E-state index in [1.807, 2.05) is 24.5 Å². The van der Waals surface area contributed by atoms with Gasteiger partial charge in [-0.3, -0.25) is 9.78 Å². The monoisotopic (exact) mass is 557 g/mol. The fourth-order valence-corrected chi connectivity index (χ4v) is 4.64. The van der Waals surface area contributed by atoms with Gasteiger partial charge in [-0.25, -0.2) is 9.59 Å². The molecule has 3 aliphatic rings. The van der Waals surface area contributed by atoms with E-state index in [0.29, 0.717) is 24.4 Å². The smallest absolute Gasteiger partial charge is 0.475 e. The van der Waals surface area contributed by atoms with Crippen LogP contribution in [0.3, 0.4) is 0 Å². The van der Waals surface area contributed by atoms with E-state index in [2.05, 4.69) is 15.2 Å². The number of alkyl halides is 6. The second kappa shape index (κ2) is 13.2. The summed E-state index contributed by atoms with van der Waals surface area (Å²) in [6.07, 6.45) is 0.890. The number of aliphatic carboxylic acids is 2. The number of nitrogens with zero attached hydrogens (tertiary/aromatic N) is 2. The molecule has 1 amide bonds. The molecule has 1 unspecified atom stereocenters. The number of carbonyl (C=O) groups is 3. The van der Waals surface area contributed by atoms with Crippen molar-refractivity contribution in [2.75, 3.05) is 13.2 Å². The molecule has 4 rings (SSSR count). The fraction of sp³-hybridized carbons (Fsp3) is 0.652. The van der Waals surface area contributed by atoms with Gasteiger partial charge in [-0.2, -0.15) is 26.3 Å². The van der Waals surface area contributed by atoms with Crippen LogP contribution >= 0.6 is 0 Å². The van der Waals surface area contributed by atoms with Gasteiger partial charge in [0.05, 0.1) is 6.61 Å². The van der Waals surface area contributed by atoms with Gasteiger partial charge in [0, 0.05) is 49.6 Å². The van der Waals surface area contributed by atoms with Crippen LogP contribution in [0, 0.1) is 0 Å². The average Bonchev–Trinajstić information content (AvgIpc) is 3.45. The molecule has 1 aliphatic carbocycles. The topological polar surface area (TPSA) is 129 Å². The summed E-state index contributed by atoms with van der Waals surface area (Å²) in [6.45, 7) is 2.48. The molecule has 2 aliphatic heterocycles. The van der Waals surface area contributed by atoms with E-state index in [4.69, 9.17) is 24.5 Å². The van der Waals surface area contributed by atoms with Crippen molar-refractivity contribution < 1.29 is 55.7 Å². The van der Waals surface area contributed by atoms with Crippen molar-refractivity contribution in [1.82, 2.24) is 15.2 Å². The Kier molecular flexibility index (Phi) is 10.9. The van der Waals surface area contributed by atoms with E-state index in [9.17, 15) is 31.1 Å². The summed E-state index contributed by atoms with van der Waals surface area (Å²) in [6, 6.07) is 5.15. The molecular formula is C23H29F6N3O6. The number of aromatic nitrogens is 1. The molecular weight excluding hydrogens is 528 g/mol. The molecule has 1 aromatic rings. The quantitative estimate of drug-likeness (QED) is 0.480. The standard InChI is InChI=1S/C19H27N3O2.2C2HF3O2/c23-18-3-9-19(22(18)13-15-4-10-20-11-5-15)7-1-16(2-8-19)21-17-6-12-24-14-17;2*3-2(4,5)1(6)7/h4-5,10-11,16-17,21H,1-3,6-9,12-14H2;2*(H,6,7). The molecule has 214 valence electrons. The summed E-state index contributed by atoms with van der Waals surface area (Å²) < 4.78 is 68.9. The van der Waals surface area contributed by atoms with Gasteiger partial charge in [-0.1, -0.05) is 0 Å². The minimum Gasteiger partial charge on any atom is -0.475 e. The van der Waals surface area contributed by atoms with Crippen LogP contribution in [0.1, 0.15) is 50.5 Å². The molecule has 15 heteroatoms. The second-order valence-electron chi connectivity index (χ2n) is 9.17. The molecule has 1 aromatic heterocycles. The van der Waals surface area contributed by atoms with E-state index >= 15 is 0 Å². The van der Waals surface area contributed by atoms with Crippen LogP contribution in [0.4, 0.5) is 26.3 Å². The number of nitrogens with one attached hydrogen (secondary N) is 1. The van der Waals surface area contributed by atoms with Crippen LogP contribution in [0.5, 0.6) is 0 Å². The summed E-state index contributed by atoms with van der Waals surface area (Å²) >= 11 is 0. The lowest BCUT2D eigenvalue weighted by Gasteiger charge is -2.44. The summed E-state index contributed by atoms with van der Waals surface area (Å²) in [5, 5.41) is 18.0. The molecule has 1 atom stereocenters. The molecule has 9 nitrogen and oxygen atoms in total. The summed E-state index contributed by atoms with van der Waals surface area (Å²) in [5.41, 5.74) is 1.27. The average molecular weight is 557 g/mol. The third kappa shape index (κ3) is 9.42. The van der Waals surface area contributed by atoms with E-state index < -0.39 is 24.3 Å². The highest BCUT2D eigenvalue weighted by atomic mass is 19.4. The van der Waals surface area contributed by atoms with Gasteiger partial charge in [0.25, 0.3) is 0 Å². The molecule has 0 radical (unpaired) electrons.